The molecule has 2 aliphatic carbocycles. The summed E-state index contributed by atoms with van der Waals surface area (Å²) in [4.78, 5) is 0. The summed E-state index contributed by atoms with van der Waals surface area (Å²) in [7, 11) is 0. The summed E-state index contributed by atoms with van der Waals surface area (Å²) in [5.74, 6) is 2.85. The van der Waals surface area contributed by atoms with E-state index < -0.39 is 0 Å². The maximum Gasteiger partial charge on any atom is -0.0199 e. The zero-order chi connectivity index (χ0) is 9.26. The van der Waals surface area contributed by atoms with Crippen molar-refractivity contribution in [3.63, 3.8) is 0 Å². The van der Waals surface area contributed by atoms with E-state index in [0.717, 1.165) is 24.2 Å². The normalized spacial score (nSPS) is 35.6. The van der Waals surface area contributed by atoms with Crippen LogP contribution in [-0.2, 0) is 0 Å². The summed E-state index contributed by atoms with van der Waals surface area (Å²) in [6.07, 6.45) is 11.6. The second-order valence-corrected chi connectivity index (χ2v) is 4.68. The fourth-order valence-corrected chi connectivity index (χ4v) is 2.79. The molecule has 0 spiro atoms. The highest BCUT2D eigenvalue weighted by Crippen LogP contribution is 2.45. The fourth-order valence-electron chi connectivity index (χ4n) is 2.79. The second-order valence-electron chi connectivity index (χ2n) is 4.68. The van der Waals surface area contributed by atoms with Gasteiger partial charge in [0.05, 0.1) is 0 Å². The molecule has 0 aliphatic heterocycles. The molecule has 0 heterocycles. The predicted molar refractivity (Wildman–Crippen MR) is 57.5 cm³/mol. The van der Waals surface area contributed by atoms with E-state index in [0.29, 0.717) is 0 Å². The van der Waals surface area contributed by atoms with Gasteiger partial charge < -0.3 is 0 Å². The maximum atomic E-state index is 4.08. The number of allylic oxidation sites excluding steroid dienone is 3. The van der Waals surface area contributed by atoms with Crippen LogP contribution in [0.25, 0.3) is 0 Å². The molecule has 13 heavy (non-hydrogen) atoms. The third kappa shape index (κ3) is 1.87. The Kier molecular flexibility index (Phi) is 2.57. The van der Waals surface area contributed by atoms with E-state index in [1.807, 2.05) is 0 Å². The first-order chi connectivity index (χ1) is 6.29. The lowest BCUT2D eigenvalue weighted by molar-refractivity contribution is 0.414. The van der Waals surface area contributed by atoms with Gasteiger partial charge >= 0.3 is 0 Å². The van der Waals surface area contributed by atoms with Gasteiger partial charge in [0.15, 0.2) is 0 Å². The van der Waals surface area contributed by atoms with Crippen molar-refractivity contribution in [1.82, 2.24) is 0 Å². The largest absolute Gasteiger partial charge is 0.0999 e. The van der Waals surface area contributed by atoms with Gasteiger partial charge in [0.1, 0.15) is 0 Å². The van der Waals surface area contributed by atoms with Gasteiger partial charge in [0.25, 0.3) is 0 Å². The van der Waals surface area contributed by atoms with Crippen LogP contribution in [0, 0.1) is 17.8 Å². The molecule has 2 aliphatic rings. The van der Waals surface area contributed by atoms with Crippen molar-refractivity contribution in [2.75, 3.05) is 0 Å². The van der Waals surface area contributed by atoms with Crippen molar-refractivity contribution >= 4 is 0 Å². The average molecular weight is 176 g/mol. The number of rotatable bonds is 4. The summed E-state index contributed by atoms with van der Waals surface area (Å²) in [6.45, 7) is 6.29. The van der Waals surface area contributed by atoms with Crippen molar-refractivity contribution in [3.8, 4) is 0 Å². The Hall–Kier alpha value is -0.520. The van der Waals surface area contributed by atoms with Gasteiger partial charge in [-0.15, -0.1) is 0 Å². The fraction of sp³-hybridized carbons (Fsp3) is 0.692. The quantitative estimate of drug-likeness (QED) is 0.569. The highest BCUT2D eigenvalue weighted by Gasteiger charge is 2.34. The Bertz CT molecular complexity index is 224. The van der Waals surface area contributed by atoms with E-state index in [-0.39, 0.29) is 0 Å². The molecule has 1 saturated carbocycles. The van der Waals surface area contributed by atoms with E-state index in [4.69, 9.17) is 0 Å². The van der Waals surface area contributed by atoms with Crippen LogP contribution in [0.2, 0.25) is 0 Å². The molecule has 0 aromatic rings. The van der Waals surface area contributed by atoms with Gasteiger partial charge in [-0.05, 0) is 49.9 Å². The van der Waals surface area contributed by atoms with Crippen LogP contribution in [0.5, 0.6) is 0 Å². The molecule has 0 amide bonds. The predicted octanol–water partition coefficient (Wildman–Crippen LogP) is 3.95. The Morgan fingerprint density at radius 3 is 2.77 bits per heavy atom. The van der Waals surface area contributed by atoms with Gasteiger partial charge in [-0.2, -0.15) is 0 Å². The summed E-state index contributed by atoms with van der Waals surface area (Å²) in [5.41, 5.74) is 1.44. The van der Waals surface area contributed by atoms with Crippen molar-refractivity contribution < 1.29 is 0 Å². The molecule has 0 radical (unpaired) electrons. The monoisotopic (exact) mass is 176 g/mol. The zero-order valence-electron chi connectivity index (χ0n) is 8.63. The van der Waals surface area contributed by atoms with E-state index in [1.54, 1.807) is 0 Å². The molecule has 0 aromatic carbocycles. The summed E-state index contributed by atoms with van der Waals surface area (Å²) < 4.78 is 0. The van der Waals surface area contributed by atoms with Crippen molar-refractivity contribution in [1.29, 1.82) is 0 Å². The Balaban J connectivity index is 1.78. The number of hydrogen-bond donors (Lipinski definition) is 0. The average Bonchev–Trinajstić information content (AvgIpc) is 2.74. The lowest BCUT2D eigenvalue weighted by Crippen LogP contribution is -2.06. The Morgan fingerprint density at radius 2 is 2.23 bits per heavy atom. The second kappa shape index (κ2) is 3.69. The van der Waals surface area contributed by atoms with Gasteiger partial charge in [0, 0.05) is 0 Å². The molecular formula is C13H20. The van der Waals surface area contributed by atoms with E-state index in [2.05, 4.69) is 25.7 Å². The molecule has 72 valence electrons. The Labute approximate surface area is 81.7 Å². The van der Waals surface area contributed by atoms with Crippen molar-refractivity contribution in [3.05, 3.63) is 24.3 Å². The van der Waals surface area contributed by atoms with E-state index >= 15 is 0 Å². The molecule has 0 nitrogen and oxygen atoms in total. The van der Waals surface area contributed by atoms with Crippen LogP contribution in [0.1, 0.15) is 39.0 Å². The maximum absolute atomic E-state index is 4.08. The van der Waals surface area contributed by atoms with Gasteiger partial charge in [0.2, 0.25) is 0 Å². The third-order valence-corrected chi connectivity index (χ3v) is 3.79. The molecule has 3 atom stereocenters. The van der Waals surface area contributed by atoms with Crippen LogP contribution in [-0.4, -0.2) is 0 Å². The molecule has 0 aromatic heterocycles. The number of fused-ring (bicyclic) bond motifs is 2. The van der Waals surface area contributed by atoms with Crippen LogP contribution in [0.3, 0.4) is 0 Å². The summed E-state index contributed by atoms with van der Waals surface area (Å²) in [6, 6.07) is 0. The van der Waals surface area contributed by atoms with Crippen molar-refractivity contribution in [2.45, 2.75) is 39.0 Å². The molecule has 2 rings (SSSR count). The summed E-state index contributed by atoms with van der Waals surface area (Å²) in [5, 5.41) is 0. The highest BCUT2D eigenvalue weighted by molar-refractivity contribution is 5.10. The third-order valence-electron chi connectivity index (χ3n) is 3.79. The smallest absolute Gasteiger partial charge is 0.0199 e. The lowest BCUT2D eigenvalue weighted by Gasteiger charge is -2.17. The summed E-state index contributed by atoms with van der Waals surface area (Å²) >= 11 is 0. The first kappa shape index (κ1) is 9.05. The van der Waals surface area contributed by atoms with E-state index in [9.17, 15) is 0 Å². The molecule has 0 heteroatoms. The first-order valence-corrected chi connectivity index (χ1v) is 5.64. The van der Waals surface area contributed by atoms with Crippen LogP contribution in [0.15, 0.2) is 24.3 Å². The molecule has 2 bridgehead atoms. The van der Waals surface area contributed by atoms with Gasteiger partial charge in [-0.3, -0.25) is 0 Å². The molecule has 0 saturated heterocycles. The van der Waals surface area contributed by atoms with Crippen LogP contribution in [0.4, 0.5) is 0 Å². The SMILES string of the molecule is C=C(CC)CCC1CC2C=CC1C2. The standard InChI is InChI=1S/C13H20/c1-3-10(2)4-6-12-8-11-5-7-13(12)9-11/h5,7,11-13H,2-4,6,8-9H2,1H3. The van der Waals surface area contributed by atoms with Gasteiger partial charge in [-0.1, -0.05) is 31.2 Å². The topological polar surface area (TPSA) is 0 Å². The minimum Gasteiger partial charge on any atom is -0.0999 e. The minimum atomic E-state index is 0.926. The van der Waals surface area contributed by atoms with Crippen molar-refractivity contribution in [2.24, 2.45) is 17.8 Å². The Morgan fingerprint density at radius 1 is 1.38 bits per heavy atom. The minimum absolute atomic E-state index is 0.926. The number of hydrogen-bond acceptors (Lipinski definition) is 0. The lowest BCUT2D eigenvalue weighted by atomic mass is 9.88. The molecule has 3 unspecified atom stereocenters. The van der Waals surface area contributed by atoms with Gasteiger partial charge in [-0.25, -0.2) is 0 Å². The molecule has 0 N–H and O–H groups in total. The molecular weight excluding hydrogens is 156 g/mol. The molecule has 1 fully saturated rings. The van der Waals surface area contributed by atoms with E-state index in [1.165, 1.54) is 31.3 Å². The van der Waals surface area contributed by atoms with Crippen LogP contribution < -0.4 is 0 Å². The zero-order valence-corrected chi connectivity index (χ0v) is 8.63. The highest BCUT2D eigenvalue weighted by atomic mass is 14.4. The van der Waals surface area contributed by atoms with Crippen LogP contribution >= 0.6 is 0 Å². The first-order valence-electron chi connectivity index (χ1n) is 5.64.